The van der Waals surface area contributed by atoms with Crippen molar-refractivity contribution in [3.05, 3.63) is 30.1 Å². The number of carbonyl (C=O) groups excluding carboxylic acids is 1. The average Bonchev–Trinajstić information content (AvgIpc) is 2.52. The van der Waals surface area contributed by atoms with Gasteiger partial charge in [0.15, 0.2) is 0 Å². The van der Waals surface area contributed by atoms with Crippen molar-refractivity contribution in [1.82, 2.24) is 9.88 Å². The van der Waals surface area contributed by atoms with E-state index < -0.39 is 18.0 Å². The summed E-state index contributed by atoms with van der Waals surface area (Å²) in [5.74, 6) is -2.02. The number of hydrogen-bond acceptors (Lipinski definition) is 2. The normalized spacial score (nSPS) is 22.4. The molecule has 3 nitrogen and oxygen atoms in total. The summed E-state index contributed by atoms with van der Waals surface area (Å²) in [4.78, 5) is 18.0. The molecular formula is C16H21F3N2O. The van der Waals surface area contributed by atoms with Crippen molar-refractivity contribution >= 4 is 5.91 Å². The zero-order chi connectivity index (χ0) is 16.2. The van der Waals surface area contributed by atoms with E-state index in [0.717, 1.165) is 5.69 Å². The first-order chi connectivity index (χ1) is 10.4. The van der Waals surface area contributed by atoms with E-state index in [4.69, 9.17) is 0 Å². The van der Waals surface area contributed by atoms with Crippen molar-refractivity contribution in [1.29, 1.82) is 0 Å². The highest BCUT2D eigenvalue weighted by Crippen LogP contribution is 2.40. The molecule has 0 bridgehead atoms. The molecule has 0 spiro atoms. The van der Waals surface area contributed by atoms with Gasteiger partial charge in [0.05, 0.1) is 5.92 Å². The van der Waals surface area contributed by atoms with Crippen LogP contribution in [0.1, 0.15) is 31.4 Å². The molecule has 0 aliphatic heterocycles. The van der Waals surface area contributed by atoms with E-state index in [1.807, 2.05) is 18.2 Å². The van der Waals surface area contributed by atoms with E-state index in [1.54, 1.807) is 13.2 Å². The molecule has 1 aliphatic rings. The molecule has 0 radical (unpaired) electrons. The fraction of sp³-hybridized carbons (Fsp3) is 0.625. The minimum Gasteiger partial charge on any atom is -0.345 e. The second-order valence-electron chi connectivity index (χ2n) is 5.93. The summed E-state index contributed by atoms with van der Waals surface area (Å²) in [5.41, 5.74) is 0.874. The molecule has 1 aromatic rings. The maximum Gasteiger partial charge on any atom is 0.391 e. The maximum atomic E-state index is 12.8. The van der Waals surface area contributed by atoms with E-state index in [9.17, 15) is 18.0 Å². The molecule has 22 heavy (non-hydrogen) atoms. The lowest BCUT2D eigenvalue weighted by Gasteiger charge is -2.32. The summed E-state index contributed by atoms with van der Waals surface area (Å²) in [6, 6.07) is 5.56. The van der Waals surface area contributed by atoms with Gasteiger partial charge in [-0.2, -0.15) is 13.2 Å². The minimum absolute atomic E-state index is 0.0732. The van der Waals surface area contributed by atoms with Crippen molar-refractivity contribution in [2.45, 2.75) is 38.3 Å². The molecule has 1 saturated carbocycles. The predicted molar refractivity (Wildman–Crippen MR) is 77.1 cm³/mol. The molecule has 1 amide bonds. The third-order valence-corrected chi connectivity index (χ3v) is 4.29. The monoisotopic (exact) mass is 314 g/mol. The highest BCUT2D eigenvalue weighted by Gasteiger charge is 2.43. The topological polar surface area (TPSA) is 33.2 Å². The molecule has 2 atom stereocenters. The van der Waals surface area contributed by atoms with Crippen LogP contribution in [0.25, 0.3) is 0 Å². The molecule has 1 aromatic heterocycles. The van der Waals surface area contributed by atoms with Crippen LogP contribution in [-0.4, -0.2) is 35.6 Å². The van der Waals surface area contributed by atoms with E-state index in [-0.39, 0.29) is 18.7 Å². The number of likely N-dealkylation sites (N-methyl/N-ethyl adjacent to an activating group) is 1. The van der Waals surface area contributed by atoms with Crippen LogP contribution in [0.3, 0.4) is 0 Å². The van der Waals surface area contributed by atoms with Gasteiger partial charge in [-0.05, 0) is 31.4 Å². The maximum absolute atomic E-state index is 12.8. The Bertz CT molecular complexity index is 490. The smallest absolute Gasteiger partial charge is 0.345 e. The fourth-order valence-electron chi connectivity index (χ4n) is 2.96. The molecule has 0 N–H and O–H groups in total. The van der Waals surface area contributed by atoms with Crippen molar-refractivity contribution < 1.29 is 18.0 Å². The molecular weight excluding hydrogens is 293 g/mol. The highest BCUT2D eigenvalue weighted by molar-refractivity contribution is 5.78. The standard InChI is InChI=1S/C16H21F3N2O/c1-21(10-8-14-7-2-3-9-20-14)15(22)12-5-4-6-13(11-12)16(17,18)19/h2-3,7,9,12-13H,4-6,8,10-11H2,1H3. The summed E-state index contributed by atoms with van der Waals surface area (Å²) in [6.07, 6.45) is -0.800. The Morgan fingerprint density at radius 3 is 2.77 bits per heavy atom. The SMILES string of the molecule is CN(CCc1ccccn1)C(=O)C1CCCC(C(F)(F)F)C1. The zero-order valence-corrected chi connectivity index (χ0v) is 12.6. The van der Waals surface area contributed by atoms with Gasteiger partial charge < -0.3 is 4.90 Å². The Labute approximate surface area is 128 Å². The van der Waals surface area contributed by atoms with E-state index in [1.165, 1.54) is 4.90 Å². The van der Waals surface area contributed by atoms with E-state index in [2.05, 4.69) is 4.98 Å². The number of nitrogens with zero attached hydrogens (tertiary/aromatic N) is 2. The predicted octanol–water partition coefficient (Wildman–Crippen LogP) is 3.45. The lowest BCUT2D eigenvalue weighted by Crippen LogP contribution is -2.39. The van der Waals surface area contributed by atoms with Crippen LogP contribution in [0.4, 0.5) is 13.2 Å². The Kier molecular flexibility index (Phi) is 5.42. The number of amides is 1. The van der Waals surface area contributed by atoms with Gasteiger partial charge in [0, 0.05) is 37.8 Å². The zero-order valence-electron chi connectivity index (χ0n) is 12.6. The van der Waals surface area contributed by atoms with E-state index in [0.29, 0.717) is 25.8 Å². The largest absolute Gasteiger partial charge is 0.391 e. The number of carbonyl (C=O) groups is 1. The molecule has 2 unspecified atom stereocenters. The number of pyridine rings is 1. The minimum atomic E-state index is -4.19. The first kappa shape index (κ1) is 16.8. The third-order valence-electron chi connectivity index (χ3n) is 4.29. The van der Waals surface area contributed by atoms with Gasteiger partial charge in [-0.3, -0.25) is 9.78 Å². The molecule has 1 heterocycles. The highest BCUT2D eigenvalue weighted by atomic mass is 19.4. The van der Waals surface area contributed by atoms with Gasteiger partial charge in [-0.1, -0.05) is 12.5 Å². The summed E-state index contributed by atoms with van der Waals surface area (Å²) >= 11 is 0. The lowest BCUT2D eigenvalue weighted by atomic mass is 9.80. The van der Waals surface area contributed by atoms with Crippen molar-refractivity contribution in [2.24, 2.45) is 11.8 Å². The van der Waals surface area contributed by atoms with Crippen molar-refractivity contribution in [3.63, 3.8) is 0 Å². The van der Waals surface area contributed by atoms with Gasteiger partial charge in [-0.25, -0.2) is 0 Å². The number of rotatable bonds is 4. The van der Waals surface area contributed by atoms with Crippen LogP contribution in [0.15, 0.2) is 24.4 Å². The molecule has 6 heteroatoms. The second-order valence-corrected chi connectivity index (χ2v) is 5.93. The van der Waals surface area contributed by atoms with Crippen molar-refractivity contribution in [3.8, 4) is 0 Å². The molecule has 0 aromatic carbocycles. The van der Waals surface area contributed by atoms with Crippen LogP contribution >= 0.6 is 0 Å². The van der Waals surface area contributed by atoms with Crippen LogP contribution in [0.2, 0.25) is 0 Å². The molecule has 2 rings (SSSR count). The Hall–Kier alpha value is -1.59. The van der Waals surface area contributed by atoms with Gasteiger partial charge >= 0.3 is 6.18 Å². The van der Waals surface area contributed by atoms with Crippen LogP contribution in [0, 0.1) is 11.8 Å². The first-order valence-corrected chi connectivity index (χ1v) is 7.59. The number of hydrogen-bond donors (Lipinski definition) is 0. The number of halogens is 3. The quantitative estimate of drug-likeness (QED) is 0.853. The Morgan fingerprint density at radius 2 is 2.14 bits per heavy atom. The molecule has 0 saturated heterocycles. The van der Waals surface area contributed by atoms with Gasteiger partial charge in [0.25, 0.3) is 0 Å². The fourth-order valence-corrected chi connectivity index (χ4v) is 2.96. The summed E-state index contributed by atoms with van der Waals surface area (Å²) in [5, 5.41) is 0. The van der Waals surface area contributed by atoms with Crippen LogP contribution < -0.4 is 0 Å². The molecule has 1 fully saturated rings. The average molecular weight is 314 g/mol. The third kappa shape index (κ3) is 4.45. The lowest BCUT2D eigenvalue weighted by molar-refractivity contribution is -0.187. The van der Waals surface area contributed by atoms with Gasteiger partial charge in [0.1, 0.15) is 0 Å². The number of aromatic nitrogens is 1. The summed E-state index contributed by atoms with van der Waals surface area (Å²) < 4.78 is 38.4. The molecule has 122 valence electrons. The summed E-state index contributed by atoms with van der Waals surface area (Å²) in [7, 11) is 1.66. The van der Waals surface area contributed by atoms with Gasteiger partial charge in [0.2, 0.25) is 5.91 Å². The van der Waals surface area contributed by atoms with Gasteiger partial charge in [-0.15, -0.1) is 0 Å². The number of alkyl halides is 3. The van der Waals surface area contributed by atoms with Crippen molar-refractivity contribution in [2.75, 3.05) is 13.6 Å². The Balaban J connectivity index is 1.87. The summed E-state index contributed by atoms with van der Waals surface area (Å²) in [6.45, 7) is 0.475. The Morgan fingerprint density at radius 1 is 1.36 bits per heavy atom. The van der Waals surface area contributed by atoms with Crippen LogP contribution in [0.5, 0.6) is 0 Å². The van der Waals surface area contributed by atoms with E-state index >= 15 is 0 Å². The molecule has 1 aliphatic carbocycles. The first-order valence-electron chi connectivity index (χ1n) is 7.59. The van der Waals surface area contributed by atoms with Crippen LogP contribution in [-0.2, 0) is 11.2 Å². The second kappa shape index (κ2) is 7.11.